The number of methoxy groups -OCH3 is 1. The highest BCUT2D eigenvalue weighted by Gasteiger charge is 2.28. The van der Waals surface area contributed by atoms with E-state index in [1.54, 1.807) is 47.9 Å². The lowest BCUT2D eigenvalue weighted by molar-refractivity contribution is -0.116. The summed E-state index contributed by atoms with van der Waals surface area (Å²) in [4.78, 5) is 30.6. The lowest BCUT2D eigenvalue weighted by Gasteiger charge is -2.22. The number of nitrogens with zero attached hydrogens (tertiary/aromatic N) is 2. The van der Waals surface area contributed by atoms with Gasteiger partial charge in [0.05, 0.1) is 7.11 Å². The van der Waals surface area contributed by atoms with Crippen molar-refractivity contribution < 1.29 is 14.3 Å². The van der Waals surface area contributed by atoms with Crippen LogP contribution in [0.2, 0.25) is 0 Å². The second-order valence-corrected chi connectivity index (χ2v) is 6.64. The molecular weight excluding hydrogens is 326 g/mol. The van der Waals surface area contributed by atoms with E-state index in [9.17, 15) is 9.59 Å². The molecule has 126 valence electrons. The monoisotopic (exact) mass is 345 g/mol. The van der Waals surface area contributed by atoms with E-state index in [0.29, 0.717) is 28.9 Å². The number of carbonyl (C=O) groups is 2. The van der Waals surface area contributed by atoms with Gasteiger partial charge in [-0.05, 0) is 37.0 Å². The Labute approximate surface area is 144 Å². The number of anilines is 1. The largest absolute Gasteiger partial charge is 0.497 e. The number of amides is 2. The summed E-state index contributed by atoms with van der Waals surface area (Å²) in [5.41, 5.74) is 0.525. The first-order chi connectivity index (χ1) is 11.7. The normalized spacial score (nSPS) is 13.4. The number of thiazole rings is 1. The van der Waals surface area contributed by atoms with Gasteiger partial charge in [0.15, 0.2) is 5.13 Å². The molecule has 1 saturated carbocycles. The summed E-state index contributed by atoms with van der Waals surface area (Å²) >= 11 is 1.35. The molecule has 0 bridgehead atoms. The van der Waals surface area contributed by atoms with Gasteiger partial charge >= 0.3 is 0 Å². The zero-order valence-electron chi connectivity index (χ0n) is 13.4. The maximum Gasteiger partial charge on any atom is 0.254 e. The Morgan fingerprint density at radius 2 is 2.25 bits per heavy atom. The lowest BCUT2D eigenvalue weighted by atomic mass is 10.1. The quantitative estimate of drug-likeness (QED) is 0.837. The van der Waals surface area contributed by atoms with Crippen LogP contribution < -0.4 is 10.1 Å². The van der Waals surface area contributed by atoms with E-state index in [2.05, 4.69) is 10.3 Å². The summed E-state index contributed by atoms with van der Waals surface area (Å²) < 4.78 is 5.17. The summed E-state index contributed by atoms with van der Waals surface area (Å²) in [6.45, 7) is 0.619. The first-order valence-electron chi connectivity index (χ1n) is 7.78. The molecule has 1 aliphatic rings. The number of hydrogen-bond donors (Lipinski definition) is 1. The predicted molar refractivity (Wildman–Crippen MR) is 92.4 cm³/mol. The molecule has 0 spiro atoms. The van der Waals surface area contributed by atoms with E-state index in [0.717, 1.165) is 12.8 Å². The maximum atomic E-state index is 12.8. The van der Waals surface area contributed by atoms with Crippen molar-refractivity contribution in [3.05, 3.63) is 41.4 Å². The minimum atomic E-state index is -0.234. The van der Waals surface area contributed by atoms with E-state index in [1.165, 1.54) is 11.3 Å². The summed E-state index contributed by atoms with van der Waals surface area (Å²) in [5, 5.41) is 5.06. The molecule has 3 rings (SSSR count). The van der Waals surface area contributed by atoms with Gasteiger partial charge in [0.25, 0.3) is 5.91 Å². The van der Waals surface area contributed by atoms with E-state index >= 15 is 0 Å². The minimum Gasteiger partial charge on any atom is -0.497 e. The van der Waals surface area contributed by atoms with Gasteiger partial charge in [0.1, 0.15) is 12.3 Å². The van der Waals surface area contributed by atoms with Crippen molar-refractivity contribution in [2.24, 2.45) is 5.92 Å². The second kappa shape index (κ2) is 7.44. The molecule has 6 nitrogen and oxygen atoms in total. The maximum absolute atomic E-state index is 12.8. The number of aromatic nitrogens is 1. The summed E-state index contributed by atoms with van der Waals surface area (Å²) in [5.74, 6) is 0.726. The average molecular weight is 345 g/mol. The Morgan fingerprint density at radius 1 is 1.42 bits per heavy atom. The van der Waals surface area contributed by atoms with Crippen LogP contribution in [0, 0.1) is 5.92 Å². The molecule has 1 fully saturated rings. The molecule has 1 aromatic heterocycles. The zero-order valence-corrected chi connectivity index (χ0v) is 14.2. The van der Waals surface area contributed by atoms with Crippen molar-refractivity contribution in [3.8, 4) is 5.75 Å². The van der Waals surface area contributed by atoms with Gasteiger partial charge in [-0.2, -0.15) is 0 Å². The van der Waals surface area contributed by atoms with Crippen LogP contribution in [0.3, 0.4) is 0 Å². The van der Waals surface area contributed by atoms with Gasteiger partial charge in [0.2, 0.25) is 5.91 Å². The number of benzene rings is 1. The van der Waals surface area contributed by atoms with Gasteiger partial charge in [-0.15, -0.1) is 11.3 Å². The van der Waals surface area contributed by atoms with Gasteiger partial charge in [-0.3, -0.25) is 9.59 Å². The Kier molecular flexibility index (Phi) is 5.10. The van der Waals surface area contributed by atoms with E-state index in [-0.39, 0.29) is 18.4 Å². The third kappa shape index (κ3) is 4.32. The van der Waals surface area contributed by atoms with Crippen molar-refractivity contribution in [2.75, 3.05) is 25.5 Å². The van der Waals surface area contributed by atoms with Crippen LogP contribution in [0.1, 0.15) is 23.2 Å². The van der Waals surface area contributed by atoms with Gasteiger partial charge < -0.3 is 15.0 Å². The fourth-order valence-electron chi connectivity index (χ4n) is 2.39. The molecule has 0 aliphatic heterocycles. The molecule has 1 aliphatic carbocycles. The molecular formula is C17H19N3O3S. The number of ether oxygens (including phenoxy) is 1. The van der Waals surface area contributed by atoms with Crippen LogP contribution in [-0.2, 0) is 4.79 Å². The molecule has 24 heavy (non-hydrogen) atoms. The second-order valence-electron chi connectivity index (χ2n) is 5.75. The third-order valence-corrected chi connectivity index (χ3v) is 4.48. The van der Waals surface area contributed by atoms with Gasteiger partial charge in [-0.25, -0.2) is 4.98 Å². The number of rotatable bonds is 7. The Morgan fingerprint density at radius 3 is 2.92 bits per heavy atom. The standard InChI is InChI=1S/C17H19N3O3S/c1-23-14-4-2-3-13(9-14)16(22)20(10-12-5-6-12)11-15(21)19-17-18-7-8-24-17/h2-4,7-9,12H,5-6,10-11H2,1H3,(H,18,19,21). The SMILES string of the molecule is COc1cccc(C(=O)N(CC(=O)Nc2nccs2)CC2CC2)c1. The van der Waals surface area contributed by atoms with Crippen LogP contribution in [0.25, 0.3) is 0 Å². The van der Waals surface area contributed by atoms with Crippen molar-refractivity contribution in [1.82, 2.24) is 9.88 Å². The molecule has 1 aromatic carbocycles. The van der Waals surface area contributed by atoms with Crippen LogP contribution in [0.15, 0.2) is 35.8 Å². The molecule has 0 saturated heterocycles. The fourth-order valence-corrected chi connectivity index (χ4v) is 2.93. The molecule has 2 amide bonds. The predicted octanol–water partition coefficient (Wildman–Crippen LogP) is 2.64. The number of hydrogen-bond acceptors (Lipinski definition) is 5. The molecule has 2 aromatic rings. The van der Waals surface area contributed by atoms with Crippen molar-refractivity contribution in [2.45, 2.75) is 12.8 Å². The molecule has 1 heterocycles. The molecule has 7 heteroatoms. The topological polar surface area (TPSA) is 71.5 Å². The highest BCUT2D eigenvalue weighted by molar-refractivity contribution is 7.13. The Hall–Kier alpha value is -2.41. The average Bonchev–Trinajstić information content (AvgIpc) is 3.27. The van der Waals surface area contributed by atoms with Crippen LogP contribution in [0.4, 0.5) is 5.13 Å². The van der Waals surface area contributed by atoms with E-state index in [1.807, 2.05) is 0 Å². The molecule has 0 unspecified atom stereocenters. The Balaban J connectivity index is 1.70. The summed E-state index contributed by atoms with van der Waals surface area (Å²) in [6.07, 6.45) is 3.84. The van der Waals surface area contributed by atoms with Crippen LogP contribution in [0.5, 0.6) is 5.75 Å². The van der Waals surface area contributed by atoms with Crippen molar-refractivity contribution in [3.63, 3.8) is 0 Å². The molecule has 1 N–H and O–H groups in total. The van der Waals surface area contributed by atoms with Gasteiger partial charge in [0, 0.05) is 23.7 Å². The first-order valence-corrected chi connectivity index (χ1v) is 8.66. The lowest BCUT2D eigenvalue weighted by Crippen LogP contribution is -2.39. The zero-order chi connectivity index (χ0) is 16.9. The van der Waals surface area contributed by atoms with Gasteiger partial charge in [-0.1, -0.05) is 6.07 Å². The Bertz CT molecular complexity index is 714. The highest BCUT2D eigenvalue weighted by Crippen LogP contribution is 2.30. The number of nitrogens with one attached hydrogen (secondary N) is 1. The first kappa shape index (κ1) is 16.4. The van der Waals surface area contributed by atoms with Crippen LogP contribution >= 0.6 is 11.3 Å². The summed E-state index contributed by atoms with van der Waals surface area (Å²) in [7, 11) is 1.56. The van der Waals surface area contributed by atoms with Crippen molar-refractivity contribution in [1.29, 1.82) is 0 Å². The van der Waals surface area contributed by atoms with E-state index < -0.39 is 0 Å². The highest BCUT2D eigenvalue weighted by atomic mass is 32.1. The minimum absolute atomic E-state index is 0.0200. The number of carbonyl (C=O) groups excluding carboxylic acids is 2. The van der Waals surface area contributed by atoms with E-state index in [4.69, 9.17) is 4.74 Å². The molecule has 0 atom stereocenters. The summed E-state index contributed by atoms with van der Waals surface area (Å²) in [6, 6.07) is 7.00. The third-order valence-electron chi connectivity index (χ3n) is 3.79. The van der Waals surface area contributed by atoms with Crippen molar-refractivity contribution >= 4 is 28.3 Å². The fraction of sp³-hybridized carbons (Fsp3) is 0.353. The molecule has 0 radical (unpaired) electrons. The smallest absolute Gasteiger partial charge is 0.254 e. The van der Waals surface area contributed by atoms with Crippen LogP contribution in [-0.4, -0.2) is 41.9 Å².